The maximum atomic E-state index is 5.38. The number of nitrogens with zero attached hydrogens (tertiary/aromatic N) is 2. The summed E-state index contributed by atoms with van der Waals surface area (Å²) in [7, 11) is 0. The maximum Gasteiger partial charge on any atom is 0.170 e. The van der Waals surface area contributed by atoms with Gasteiger partial charge in [0.25, 0.3) is 0 Å². The fourth-order valence-electron chi connectivity index (χ4n) is 2.04. The smallest absolute Gasteiger partial charge is 0.170 e. The van der Waals surface area contributed by atoms with Gasteiger partial charge in [0.1, 0.15) is 0 Å². The second kappa shape index (κ2) is 3.38. The van der Waals surface area contributed by atoms with Crippen molar-refractivity contribution in [2.75, 3.05) is 0 Å². The molecule has 0 unspecified atom stereocenters. The number of rotatable bonds is 1. The zero-order chi connectivity index (χ0) is 10.3. The van der Waals surface area contributed by atoms with E-state index in [0.717, 1.165) is 29.9 Å². The molecule has 4 heteroatoms. The molecule has 0 aliphatic heterocycles. The Kier molecular flexibility index (Phi) is 2.02. The second-order valence-corrected chi connectivity index (χ2v) is 3.94. The Morgan fingerprint density at radius 2 is 2.33 bits per heavy atom. The van der Waals surface area contributed by atoms with Crippen LogP contribution < -0.4 is 0 Å². The standard InChI is InChI=1S/C11H10N2OS/c15-6-10-9-2-1-7-5-12-4-3-8(7)11(9)14-13-10/h3-5,15H,1-2,6H2. The van der Waals surface area contributed by atoms with Gasteiger partial charge in [-0.2, -0.15) is 12.6 Å². The van der Waals surface area contributed by atoms with Crippen LogP contribution in [0.3, 0.4) is 0 Å². The zero-order valence-corrected chi connectivity index (χ0v) is 9.00. The second-order valence-electron chi connectivity index (χ2n) is 3.63. The minimum Gasteiger partial charge on any atom is -0.356 e. The Balaban J connectivity index is 2.22. The monoisotopic (exact) mass is 218 g/mol. The third kappa shape index (κ3) is 1.28. The molecule has 2 aromatic heterocycles. The average molecular weight is 218 g/mol. The minimum atomic E-state index is 0.638. The van der Waals surface area contributed by atoms with Crippen LogP contribution in [0.2, 0.25) is 0 Å². The quantitative estimate of drug-likeness (QED) is 0.746. The minimum absolute atomic E-state index is 0.638. The van der Waals surface area contributed by atoms with Gasteiger partial charge in [-0.3, -0.25) is 4.98 Å². The number of fused-ring (bicyclic) bond motifs is 3. The summed E-state index contributed by atoms with van der Waals surface area (Å²) in [6, 6.07) is 1.99. The van der Waals surface area contributed by atoms with Gasteiger partial charge in [0.05, 0.1) is 5.69 Å². The Morgan fingerprint density at radius 3 is 3.20 bits per heavy atom. The molecule has 0 amide bonds. The molecule has 3 rings (SSSR count). The van der Waals surface area contributed by atoms with Gasteiger partial charge in [-0.1, -0.05) is 5.16 Å². The van der Waals surface area contributed by atoms with Crippen LogP contribution in [0, 0.1) is 0 Å². The van der Waals surface area contributed by atoms with Gasteiger partial charge in [0.2, 0.25) is 0 Å². The summed E-state index contributed by atoms with van der Waals surface area (Å²) in [4.78, 5) is 4.12. The van der Waals surface area contributed by atoms with Crippen molar-refractivity contribution in [3.63, 3.8) is 0 Å². The average Bonchev–Trinajstić information content (AvgIpc) is 2.72. The summed E-state index contributed by atoms with van der Waals surface area (Å²) >= 11 is 4.25. The first-order chi connectivity index (χ1) is 7.40. The van der Waals surface area contributed by atoms with Crippen molar-refractivity contribution >= 4 is 12.6 Å². The van der Waals surface area contributed by atoms with Crippen LogP contribution in [0.1, 0.15) is 16.8 Å². The molecule has 0 fully saturated rings. The van der Waals surface area contributed by atoms with Crippen LogP contribution in [-0.2, 0) is 18.6 Å². The van der Waals surface area contributed by atoms with Gasteiger partial charge >= 0.3 is 0 Å². The van der Waals surface area contributed by atoms with Crippen molar-refractivity contribution in [2.24, 2.45) is 0 Å². The number of aryl methyl sites for hydroxylation is 1. The Hall–Kier alpha value is -1.29. The molecule has 76 valence electrons. The van der Waals surface area contributed by atoms with E-state index in [1.807, 2.05) is 12.3 Å². The lowest BCUT2D eigenvalue weighted by Crippen LogP contribution is -2.03. The molecule has 3 nitrogen and oxygen atoms in total. The number of hydrogen-bond donors (Lipinski definition) is 1. The molecule has 0 saturated carbocycles. The van der Waals surface area contributed by atoms with Crippen molar-refractivity contribution in [3.05, 3.63) is 35.3 Å². The largest absolute Gasteiger partial charge is 0.356 e. The highest BCUT2D eigenvalue weighted by atomic mass is 32.1. The Labute approximate surface area is 92.9 Å². The van der Waals surface area contributed by atoms with Crippen LogP contribution in [0.4, 0.5) is 0 Å². The molecule has 0 radical (unpaired) electrons. The molecule has 2 aromatic rings. The fraction of sp³-hybridized carbons (Fsp3) is 0.273. The Bertz CT molecular complexity index is 507. The molecule has 1 aliphatic rings. The van der Waals surface area contributed by atoms with Crippen molar-refractivity contribution in [1.82, 2.24) is 10.1 Å². The molecule has 0 bridgehead atoms. The number of aromatic nitrogens is 2. The molecule has 1 aliphatic carbocycles. The fourth-order valence-corrected chi connectivity index (χ4v) is 2.29. The van der Waals surface area contributed by atoms with Crippen molar-refractivity contribution in [1.29, 1.82) is 0 Å². The van der Waals surface area contributed by atoms with Crippen molar-refractivity contribution in [3.8, 4) is 11.3 Å². The van der Waals surface area contributed by atoms with E-state index in [4.69, 9.17) is 4.52 Å². The van der Waals surface area contributed by atoms with Gasteiger partial charge in [-0.25, -0.2) is 0 Å². The lowest BCUT2D eigenvalue weighted by Gasteiger charge is -2.13. The van der Waals surface area contributed by atoms with Crippen LogP contribution in [0.15, 0.2) is 23.0 Å². The molecular weight excluding hydrogens is 208 g/mol. The van der Waals surface area contributed by atoms with E-state index in [-0.39, 0.29) is 0 Å². The highest BCUT2D eigenvalue weighted by Gasteiger charge is 2.23. The summed E-state index contributed by atoms with van der Waals surface area (Å²) in [5, 5.41) is 4.04. The highest BCUT2D eigenvalue weighted by Crippen LogP contribution is 2.34. The molecule has 2 heterocycles. The summed E-state index contributed by atoms with van der Waals surface area (Å²) in [5.41, 5.74) is 4.55. The first-order valence-electron chi connectivity index (χ1n) is 4.91. The lowest BCUT2D eigenvalue weighted by molar-refractivity contribution is 0.425. The maximum absolute atomic E-state index is 5.38. The normalized spacial score (nSPS) is 13.4. The first kappa shape index (κ1) is 8.97. The van der Waals surface area contributed by atoms with Crippen LogP contribution in [0.5, 0.6) is 0 Å². The van der Waals surface area contributed by atoms with Crippen molar-refractivity contribution in [2.45, 2.75) is 18.6 Å². The van der Waals surface area contributed by atoms with Gasteiger partial charge in [0, 0.05) is 29.3 Å². The number of hydrogen-bond acceptors (Lipinski definition) is 4. The lowest BCUT2D eigenvalue weighted by atomic mass is 9.91. The predicted molar refractivity (Wildman–Crippen MR) is 59.8 cm³/mol. The number of pyridine rings is 1. The van der Waals surface area contributed by atoms with Gasteiger partial charge in [0.15, 0.2) is 5.76 Å². The molecule has 15 heavy (non-hydrogen) atoms. The third-order valence-corrected chi connectivity index (χ3v) is 3.11. The summed E-state index contributed by atoms with van der Waals surface area (Å²) in [6.07, 6.45) is 5.68. The van der Waals surface area contributed by atoms with Crippen LogP contribution in [-0.4, -0.2) is 10.1 Å². The van der Waals surface area contributed by atoms with E-state index in [2.05, 4.69) is 22.8 Å². The topological polar surface area (TPSA) is 38.9 Å². The van der Waals surface area contributed by atoms with Gasteiger partial charge in [-0.05, 0) is 24.5 Å². The highest BCUT2D eigenvalue weighted by molar-refractivity contribution is 7.79. The third-order valence-electron chi connectivity index (χ3n) is 2.81. The van der Waals surface area contributed by atoms with Crippen LogP contribution in [0.25, 0.3) is 11.3 Å². The van der Waals surface area contributed by atoms with E-state index in [0.29, 0.717) is 5.75 Å². The van der Waals surface area contributed by atoms with Crippen LogP contribution >= 0.6 is 12.6 Å². The van der Waals surface area contributed by atoms with E-state index >= 15 is 0 Å². The predicted octanol–water partition coefficient (Wildman–Crippen LogP) is 2.27. The first-order valence-corrected chi connectivity index (χ1v) is 5.55. The summed E-state index contributed by atoms with van der Waals surface area (Å²) in [6.45, 7) is 0. The van der Waals surface area contributed by atoms with E-state index in [1.54, 1.807) is 6.20 Å². The molecule has 0 saturated heterocycles. The number of thiol groups is 1. The molecule has 0 N–H and O–H groups in total. The summed E-state index contributed by atoms with van der Waals surface area (Å²) in [5.74, 6) is 1.54. The zero-order valence-electron chi connectivity index (χ0n) is 8.10. The molecule has 0 aromatic carbocycles. The molecule has 0 spiro atoms. The van der Waals surface area contributed by atoms with Gasteiger partial charge in [-0.15, -0.1) is 0 Å². The molecule has 0 atom stereocenters. The van der Waals surface area contributed by atoms with E-state index < -0.39 is 0 Å². The van der Waals surface area contributed by atoms with Gasteiger partial charge < -0.3 is 4.52 Å². The Morgan fingerprint density at radius 1 is 1.40 bits per heavy atom. The summed E-state index contributed by atoms with van der Waals surface area (Å²) < 4.78 is 5.38. The van der Waals surface area contributed by atoms with Crippen molar-refractivity contribution < 1.29 is 4.52 Å². The van der Waals surface area contributed by atoms with E-state index in [9.17, 15) is 0 Å². The molecular formula is C11H10N2OS. The van der Waals surface area contributed by atoms with E-state index in [1.165, 1.54) is 11.1 Å². The SMILES string of the molecule is SCc1noc2c1CCc1cnccc1-2.